The van der Waals surface area contributed by atoms with Crippen LogP contribution in [0.3, 0.4) is 0 Å². The summed E-state index contributed by atoms with van der Waals surface area (Å²) in [6.45, 7) is -0.217. The molecule has 14 heavy (non-hydrogen) atoms. The molecule has 3 N–H and O–H groups in total. The van der Waals surface area contributed by atoms with Crippen LogP contribution >= 0.6 is 0 Å². The molecular formula is C8H9N5O. The maximum absolute atomic E-state index is 11.1. The Labute approximate surface area is 80.3 Å². The Morgan fingerprint density at radius 3 is 3.07 bits per heavy atom. The lowest BCUT2D eigenvalue weighted by Crippen LogP contribution is -2.14. The molecule has 0 fully saturated rings. The molecular weight excluding hydrogens is 182 g/mol. The van der Waals surface area contributed by atoms with Gasteiger partial charge in [0.1, 0.15) is 6.54 Å². The van der Waals surface area contributed by atoms with Gasteiger partial charge in [0, 0.05) is 16.3 Å². The number of anilines is 2. The summed E-state index contributed by atoms with van der Waals surface area (Å²) in [6.07, 6.45) is 0. The zero-order valence-electron chi connectivity index (χ0n) is 7.34. The van der Waals surface area contributed by atoms with Crippen LogP contribution in [0.25, 0.3) is 10.4 Å². The second-order valence-electron chi connectivity index (χ2n) is 2.56. The van der Waals surface area contributed by atoms with Gasteiger partial charge < -0.3 is 11.1 Å². The number of azide groups is 1. The summed E-state index contributed by atoms with van der Waals surface area (Å²) in [5.41, 5.74) is 14.6. The summed E-state index contributed by atoms with van der Waals surface area (Å²) >= 11 is 0. The van der Waals surface area contributed by atoms with Crippen LogP contribution in [-0.4, -0.2) is 12.5 Å². The molecule has 0 atom stereocenters. The SMILES string of the molecule is [N-]=[N+]=NCC(=O)Nc1cccc(N)c1. The van der Waals surface area contributed by atoms with Crippen molar-refractivity contribution in [2.75, 3.05) is 17.6 Å². The maximum Gasteiger partial charge on any atom is 0.230 e. The molecule has 6 nitrogen and oxygen atoms in total. The maximum atomic E-state index is 11.1. The van der Waals surface area contributed by atoms with Gasteiger partial charge in [-0.2, -0.15) is 0 Å². The van der Waals surface area contributed by atoms with E-state index in [1.54, 1.807) is 24.3 Å². The number of benzene rings is 1. The van der Waals surface area contributed by atoms with Gasteiger partial charge >= 0.3 is 0 Å². The molecule has 0 heterocycles. The van der Waals surface area contributed by atoms with E-state index in [4.69, 9.17) is 11.3 Å². The summed E-state index contributed by atoms with van der Waals surface area (Å²) in [5.74, 6) is -0.367. The highest BCUT2D eigenvalue weighted by Crippen LogP contribution is 2.11. The lowest BCUT2D eigenvalue weighted by Gasteiger charge is -2.03. The van der Waals surface area contributed by atoms with E-state index >= 15 is 0 Å². The predicted octanol–water partition coefficient (Wildman–Crippen LogP) is 1.52. The van der Waals surface area contributed by atoms with Crippen molar-refractivity contribution < 1.29 is 4.79 Å². The normalized spacial score (nSPS) is 8.86. The van der Waals surface area contributed by atoms with Crippen molar-refractivity contribution in [2.24, 2.45) is 5.11 Å². The molecule has 0 aliphatic rings. The third kappa shape index (κ3) is 3.04. The summed E-state index contributed by atoms with van der Waals surface area (Å²) in [5, 5.41) is 5.66. The van der Waals surface area contributed by atoms with E-state index in [1.807, 2.05) is 0 Å². The van der Waals surface area contributed by atoms with Crippen LogP contribution in [0.5, 0.6) is 0 Å². The second-order valence-corrected chi connectivity index (χ2v) is 2.56. The van der Waals surface area contributed by atoms with E-state index in [1.165, 1.54) is 0 Å². The number of nitrogens with zero attached hydrogens (tertiary/aromatic N) is 3. The molecule has 0 radical (unpaired) electrons. The molecule has 0 aliphatic heterocycles. The van der Waals surface area contributed by atoms with Gasteiger partial charge in [-0.25, -0.2) is 0 Å². The van der Waals surface area contributed by atoms with Crippen molar-refractivity contribution in [3.63, 3.8) is 0 Å². The van der Waals surface area contributed by atoms with E-state index in [0.29, 0.717) is 11.4 Å². The summed E-state index contributed by atoms with van der Waals surface area (Å²) in [4.78, 5) is 13.5. The average molecular weight is 191 g/mol. The Morgan fingerprint density at radius 1 is 1.64 bits per heavy atom. The van der Waals surface area contributed by atoms with Gasteiger partial charge in [-0.15, -0.1) is 0 Å². The van der Waals surface area contributed by atoms with E-state index in [-0.39, 0.29) is 12.5 Å². The van der Waals surface area contributed by atoms with Gasteiger partial charge in [-0.1, -0.05) is 11.2 Å². The fourth-order valence-corrected chi connectivity index (χ4v) is 0.913. The monoisotopic (exact) mass is 191 g/mol. The average Bonchev–Trinajstić information content (AvgIpc) is 2.15. The molecule has 6 heteroatoms. The highest BCUT2D eigenvalue weighted by atomic mass is 16.1. The van der Waals surface area contributed by atoms with Gasteiger partial charge in [0.15, 0.2) is 0 Å². The molecule has 1 aromatic rings. The first-order valence-corrected chi connectivity index (χ1v) is 3.88. The van der Waals surface area contributed by atoms with Crippen molar-refractivity contribution in [3.8, 4) is 0 Å². The van der Waals surface area contributed by atoms with Crippen molar-refractivity contribution in [2.45, 2.75) is 0 Å². The first-order chi connectivity index (χ1) is 6.72. The molecule has 0 unspecified atom stereocenters. The lowest BCUT2D eigenvalue weighted by molar-refractivity contribution is -0.114. The molecule has 0 saturated carbocycles. The van der Waals surface area contributed by atoms with Crippen molar-refractivity contribution >= 4 is 17.3 Å². The number of nitrogens with one attached hydrogen (secondary N) is 1. The summed E-state index contributed by atoms with van der Waals surface area (Å²) in [7, 11) is 0. The zero-order valence-corrected chi connectivity index (χ0v) is 7.34. The van der Waals surface area contributed by atoms with Crippen LogP contribution in [0.15, 0.2) is 29.4 Å². The van der Waals surface area contributed by atoms with Crippen LogP contribution in [0.4, 0.5) is 11.4 Å². The van der Waals surface area contributed by atoms with Gasteiger partial charge in [0.25, 0.3) is 0 Å². The standard InChI is InChI=1S/C8H9N5O/c9-6-2-1-3-7(4-6)12-8(14)5-11-13-10/h1-4H,5,9H2,(H,12,14). The van der Waals surface area contributed by atoms with E-state index in [0.717, 1.165) is 0 Å². The van der Waals surface area contributed by atoms with E-state index in [2.05, 4.69) is 15.3 Å². The van der Waals surface area contributed by atoms with Crippen molar-refractivity contribution in [1.82, 2.24) is 0 Å². The zero-order chi connectivity index (χ0) is 10.4. The summed E-state index contributed by atoms with van der Waals surface area (Å²) in [6, 6.07) is 6.75. The van der Waals surface area contributed by atoms with E-state index in [9.17, 15) is 4.79 Å². The highest BCUT2D eigenvalue weighted by Gasteiger charge is 1.99. The van der Waals surface area contributed by atoms with Crippen molar-refractivity contribution in [1.29, 1.82) is 0 Å². The number of nitrogen functional groups attached to an aromatic ring is 1. The van der Waals surface area contributed by atoms with Crippen molar-refractivity contribution in [3.05, 3.63) is 34.7 Å². The van der Waals surface area contributed by atoms with E-state index < -0.39 is 0 Å². The minimum atomic E-state index is -0.367. The number of carbonyl (C=O) groups is 1. The van der Waals surface area contributed by atoms with Crippen LogP contribution in [0, 0.1) is 0 Å². The fourth-order valence-electron chi connectivity index (χ4n) is 0.913. The topological polar surface area (TPSA) is 104 Å². The van der Waals surface area contributed by atoms with Crippen LogP contribution in [0.2, 0.25) is 0 Å². The van der Waals surface area contributed by atoms with Gasteiger partial charge in [0.2, 0.25) is 5.91 Å². The third-order valence-electron chi connectivity index (χ3n) is 1.45. The second kappa shape index (κ2) is 4.74. The molecule has 72 valence electrons. The largest absolute Gasteiger partial charge is 0.399 e. The molecule has 0 aliphatic carbocycles. The van der Waals surface area contributed by atoms with Crippen LogP contribution in [-0.2, 0) is 4.79 Å². The van der Waals surface area contributed by atoms with Gasteiger partial charge in [-0.05, 0) is 23.7 Å². The number of hydrogen-bond acceptors (Lipinski definition) is 3. The van der Waals surface area contributed by atoms with Gasteiger partial charge in [0.05, 0.1) is 0 Å². The summed E-state index contributed by atoms with van der Waals surface area (Å²) < 4.78 is 0. The molecule has 1 amide bonds. The molecule has 0 spiro atoms. The van der Waals surface area contributed by atoms with Crippen LogP contribution < -0.4 is 11.1 Å². The smallest absolute Gasteiger partial charge is 0.230 e. The lowest BCUT2D eigenvalue weighted by atomic mass is 10.3. The number of nitrogens with two attached hydrogens (primary N) is 1. The number of amides is 1. The predicted molar refractivity (Wildman–Crippen MR) is 53.5 cm³/mol. The number of hydrogen-bond donors (Lipinski definition) is 2. The first-order valence-electron chi connectivity index (χ1n) is 3.88. The Morgan fingerprint density at radius 2 is 2.43 bits per heavy atom. The third-order valence-corrected chi connectivity index (χ3v) is 1.45. The highest BCUT2D eigenvalue weighted by molar-refractivity contribution is 5.92. The quantitative estimate of drug-likeness (QED) is 0.327. The Balaban J connectivity index is 2.60. The molecule has 1 rings (SSSR count). The molecule has 0 bridgehead atoms. The van der Waals surface area contributed by atoms with Crippen LogP contribution in [0.1, 0.15) is 0 Å². The molecule has 1 aromatic carbocycles. The molecule has 0 aromatic heterocycles. The fraction of sp³-hybridized carbons (Fsp3) is 0.125. The number of carbonyl (C=O) groups excluding carboxylic acids is 1. The Kier molecular flexibility index (Phi) is 3.34. The number of rotatable bonds is 3. The molecule has 0 saturated heterocycles. The Bertz CT molecular complexity index is 383. The van der Waals surface area contributed by atoms with Gasteiger partial charge in [-0.3, -0.25) is 4.79 Å². The minimum absolute atomic E-state index is 0.217. The minimum Gasteiger partial charge on any atom is -0.399 e. The Hall–Kier alpha value is -2.20. The first kappa shape index (κ1) is 9.88.